The van der Waals surface area contributed by atoms with E-state index in [9.17, 15) is 27.7 Å². The molecule has 0 heterocycles. The number of rotatable bonds is 8. The van der Waals surface area contributed by atoms with E-state index in [1.54, 1.807) is 6.07 Å². The van der Waals surface area contributed by atoms with Crippen molar-refractivity contribution in [2.24, 2.45) is 0 Å². The first-order valence-electron chi connectivity index (χ1n) is 9.18. The van der Waals surface area contributed by atoms with Gasteiger partial charge in [-0.2, -0.15) is 0 Å². The number of anilines is 2. The smallest absolute Gasteiger partial charge is 0.271 e. The number of amides is 1. The van der Waals surface area contributed by atoms with Crippen LogP contribution in [-0.2, 0) is 14.8 Å². The van der Waals surface area contributed by atoms with Gasteiger partial charge in [-0.05, 0) is 42.5 Å². The Morgan fingerprint density at radius 1 is 1.09 bits per heavy atom. The zero-order chi connectivity index (χ0) is 23.3. The van der Waals surface area contributed by atoms with Crippen LogP contribution in [0.4, 0.5) is 21.5 Å². The molecule has 0 fully saturated rings. The highest BCUT2D eigenvalue weighted by molar-refractivity contribution is 7.92. The first kappa shape index (κ1) is 22.7. The summed E-state index contributed by atoms with van der Waals surface area (Å²) < 4.78 is 45.7. The number of halogens is 1. The van der Waals surface area contributed by atoms with Crippen LogP contribution in [0.2, 0.25) is 0 Å². The number of nitro benzene ring substituents is 1. The minimum absolute atomic E-state index is 0.00265. The van der Waals surface area contributed by atoms with Crippen molar-refractivity contribution in [3.05, 3.63) is 88.7 Å². The molecule has 0 bridgehead atoms. The maximum absolute atomic E-state index is 13.4. The van der Waals surface area contributed by atoms with Crippen LogP contribution in [0.1, 0.15) is 0 Å². The minimum atomic E-state index is -4.18. The number of carbonyl (C=O) groups is 1. The van der Waals surface area contributed by atoms with E-state index in [2.05, 4.69) is 5.32 Å². The fourth-order valence-corrected chi connectivity index (χ4v) is 4.31. The topological polar surface area (TPSA) is 119 Å². The van der Waals surface area contributed by atoms with Gasteiger partial charge in [0.2, 0.25) is 5.91 Å². The number of nitro groups is 1. The van der Waals surface area contributed by atoms with E-state index in [-0.39, 0.29) is 27.7 Å². The lowest BCUT2D eigenvalue weighted by Gasteiger charge is -2.24. The van der Waals surface area contributed by atoms with Crippen molar-refractivity contribution >= 4 is 33.0 Å². The molecule has 0 aliphatic rings. The van der Waals surface area contributed by atoms with Gasteiger partial charge in [0, 0.05) is 12.1 Å². The van der Waals surface area contributed by atoms with Crippen LogP contribution in [0.15, 0.2) is 77.7 Å². The molecule has 3 aromatic carbocycles. The van der Waals surface area contributed by atoms with E-state index in [0.29, 0.717) is 0 Å². The first-order chi connectivity index (χ1) is 15.2. The van der Waals surface area contributed by atoms with Gasteiger partial charge in [-0.15, -0.1) is 0 Å². The van der Waals surface area contributed by atoms with Crippen molar-refractivity contribution in [3.63, 3.8) is 0 Å². The lowest BCUT2D eigenvalue weighted by molar-refractivity contribution is -0.384. The molecule has 0 aliphatic carbocycles. The SMILES string of the molecule is COc1ccc([N+](=O)[O-])cc1NC(=O)CN(c1ccc(F)cc1)S(=O)(=O)c1ccccc1. The van der Waals surface area contributed by atoms with Crippen LogP contribution in [0.25, 0.3) is 0 Å². The number of nitrogens with one attached hydrogen (secondary N) is 1. The van der Waals surface area contributed by atoms with E-state index in [1.807, 2.05) is 0 Å². The quantitative estimate of drug-likeness (QED) is 0.406. The highest BCUT2D eigenvalue weighted by Crippen LogP contribution is 2.29. The molecule has 0 aliphatic heterocycles. The van der Waals surface area contributed by atoms with Gasteiger partial charge in [0.05, 0.1) is 28.3 Å². The third-order valence-electron chi connectivity index (χ3n) is 4.40. The maximum Gasteiger partial charge on any atom is 0.271 e. The molecule has 1 N–H and O–H groups in total. The average Bonchev–Trinajstić information content (AvgIpc) is 2.78. The molecule has 11 heteroatoms. The summed E-state index contributed by atoms with van der Waals surface area (Å²) >= 11 is 0. The van der Waals surface area contributed by atoms with Crippen LogP contribution in [-0.4, -0.2) is 32.9 Å². The molecular formula is C21H18FN3O6S. The zero-order valence-electron chi connectivity index (χ0n) is 16.8. The number of carbonyl (C=O) groups excluding carboxylic acids is 1. The second-order valence-electron chi connectivity index (χ2n) is 6.49. The molecule has 0 spiro atoms. The van der Waals surface area contributed by atoms with Gasteiger partial charge in [0.1, 0.15) is 18.1 Å². The van der Waals surface area contributed by atoms with Crippen LogP contribution >= 0.6 is 0 Å². The predicted molar refractivity (Wildman–Crippen MR) is 116 cm³/mol. The number of non-ortho nitro benzene ring substituents is 1. The molecule has 0 aromatic heterocycles. The van der Waals surface area contributed by atoms with E-state index >= 15 is 0 Å². The monoisotopic (exact) mass is 459 g/mol. The molecular weight excluding hydrogens is 441 g/mol. The lowest BCUT2D eigenvalue weighted by Crippen LogP contribution is -2.38. The summed E-state index contributed by atoms with van der Waals surface area (Å²) in [6.07, 6.45) is 0. The highest BCUT2D eigenvalue weighted by atomic mass is 32.2. The molecule has 0 unspecified atom stereocenters. The Balaban J connectivity index is 1.95. The number of methoxy groups -OCH3 is 1. The normalized spacial score (nSPS) is 10.9. The number of nitrogens with zero attached hydrogens (tertiary/aromatic N) is 2. The number of ether oxygens (including phenoxy) is 1. The van der Waals surface area contributed by atoms with Crippen molar-refractivity contribution < 1.29 is 27.3 Å². The second kappa shape index (κ2) is 9.43. The van der Waals surface area contributed by atoms with E-state index < -0.39 is 33.2 Å². The van der Waals surface area contributed by atoms with Crippen molar-refractivity contribution in [1.29, 1.82) is 0 Å². The van der Waals surface area contributed by atoms with Gasteiger partial charge in [-0.3, -0.25) is 19.2 Å². The van der Waals surface area contributed by atoms with Crippen molar-refractivity contribution in [2.75, 3.05) is 23.3 Å². The molecule has 9 nitrogen and oxygen atoms in total. The Hall–Kier alpha value is -3.99. The molecule has 0 saturated carbocycles. The maximum atomic E-state index is 13.4. The van der Waals surface area contributed by atoms with Gasteiger partial charge in [0.25, 0.3) is 15.7 Å². The largest absolute Gasteiger partial charge is 0.495 e. The number of sulfonamides is 1. The fourth-order valence-electron chi connectivity index (χ4n) is 2.87. The molecule has 32 heavy (non-hydrogen) atoms. The van der Waals surface area contributed by atoms with E-state index in [1.165, 1.54) is 55.6 Å². The van der Waals surface area contributed by atoms with Crippen molar-refractivity contribution in [2.45, 2.75) is 4.90 Å². The van der Waals surface area contributed by atoms with E-state index in [0.717, 1.165) is 22.5 Å². The first-order valence-corrected chi connectivity index (χ1v) is 10.6. The predicted octanol–water partition coefficient (Wildman–Crippen LogP) is 3.58. The van der Waals surface area contributed by atoms with Gasteiger partial charge in [0.15, 0.2) is 0 Å². The Morgan fingerprint density at radius 2 is 1.75 bits per heavy atom. The average molecular weight is 459 g/mol. The third-order valence-corrected chi connectivity index (χ3v) is 6.19. The van der Waals surface area contributed by atoms with Gasteiger partial charge in [-0.1, -0.05) is 18.2 Å². The van der Waals surface area contributed by atoms with Crippen LogP contribution in [0.5, 0.6) is 5.75 Å². The molecule has 3 aromatic rings. The molecule has 166 valence electrons. The van der Waals surface area contributed by atoms with Crippen LogP contribution in [0, 0.1) is 15.9 Å². The molecule has 3 rings (SSSR count). The zero-order valence-corrected chi connectivity index (χ0v) is 17.6. The van der Waals surface area contributed by atoms with Crippen LogP contribution < -0.4 is 14.4 Å². The molecule has 0 atom stereocenters. The summed E-state index contributed by atoms with van der Waals surface area (Å²) in [5.41, 5.74) is -0.215. The summed E-state index contributed by atoms with van der Waals surface area (Å²) in [6.45, 7) is -0.672. The highest BCUT2D eigenvalue weighted by Gasteiger charge is 2.27. The van der Waals surface area contributed by atoms with Gasteiger partial charge < -0.3 is 10.1 Å². The Bertz CT molecular complexity index is 1230. The molecule has 0 radical (unpaired) electrons. The van der Waals surface area contributed by atoms with Gasteiger partial charge >= 0.3 is 0 Å². The Morgan fingerprint density at radius 3 is 2.34 bits per heavy atom. The lowest BCUT2D eigenvalue weighted by atomic mass is 10.2. The number of hydrogen-bond donors (Lipinski definition) is 1. The Labute approximate surface area is 183 Å². The van der Waals surface area contributed by atoms with Crippen molar-refractivity contribution in [1.82, 2.24) is 0 Å². The minimum Gasteiger partial charge on any atom is -0.495 e. The third kappa shape index (κ3) is 5.01. The summed E-state index contributed by atoms with van der Waals surface area (Å²) in [4.78, 5) is 23.1. The number of benzene rings is 3. The second-order valence-corrected chi connectivity index (χ2v) is 8.35. The van der Waals surface area contributed by atoms with Crippen LogP contribution in [0.3, 0.4) is 0 Å². The summed E-state index contributed by atoms with van der Waals surface area (Å²) in [5.74, 6) is -1.20. The molecule has 1 amide bonds. The summed E-state index contributed by atoms with van der Waals surface area (Å²) in [5, 5.41) is 13.5. The standard InChI is InChI=1S/C21H18FN3O6S/c1-31-20-12-11-17(25(27)28)13-19(20)23-21(26)14-24(16-9-7-15(22)8-10-16)32(29,30)18-5-3-2-4-6-18/h2-13H,14H2,1H3,(H,23,26). The fraction of sp³-hybridized carbons (Fsp3) is 0.0952. The molecule has 0 saturated heterocycles. The Kier molecular flexibility index (Phi) is 6.69. The summed E-state index contributed by atoms with van der Waals surface area (Å²) in [6, 6.07) is 15.7. The number of hydrogen-bond acceptors (Lipinski definition) is 6. The van der Waals surface area contributed by atoms with E-state index in [4.69, 9.17) is 4.74 Å². The summed E-state index contributed by atoms with van der Waals surface area (Å²) in [7, 11) is -2.86. The van der Waals surface area contributed by atoms with Crippen molar-refractivity contribution in [3.8, 4) is 5.75 Å². The van der Waals surface area contributed by atoms with Gasteiger partial charge in [-0.25, -0.2) is 12.8 Å².